The van der Waals surface area contributed by atoms with Crippen molar-refractivity contribution in [2.45, 2.75) is 44.4 Å². The predicted molar refractivity (Wildman–Crippen MR) is 135 cm³/mol. The Balaban J connectivity index is 1.82. The summed E-state index contributed by atoms with van der Waals surface area (Å²) >= 11 is 12.4. The van der Waals surface area contributed by atoms with Crippen LogP contribution >= 0.6 is 23.2 Å². The van der Waals surface area contributed by atoms with Crippen molar-refractivity contribution in [3.63, 3.8) is 0 Å². The first-order chi connectivity index (χ1) is 16.5. The van der Waals surface area contributed by atoms with Crippen LogP contribution in [0, 0.1) is 5.82 Å². The number of ether oxygens (including phenoxy) is 1. The number of halogens is 3. The minimum absolute atomic E-state index is 0.133. The topological polar surface area (TPSA) is 84.7 Å². The van der Waals surface area contributed by atoms with E-state index in [4.69, 9.17) is 27.9 Å². The molecule has 2 atom stereocenters. The highest BCUT2D eigenvalue weighted by molar-refractivity contribution is 7.93. The van der Waals surface area contributed by atoms with Gasteiger partial charge in [0.15, 0.2) is 5.15 Å². The second-order valence-electron chi connectivity index (χ2n) is 8.22. The summed E-state index contributed by atoms with van der Waals surface area (Å²) in [6, 6.07) is 9.41. The largest absolute Gasteiger partial charge is 0.484 e. The Morgan fingerprint density at radius 1 is 1.34 bits per heavy atom. The van der Waals surface area contributed by atoms with Gasteiger partial charge in [0.1, 0.15) is 22.6 Å². The average Bonchev–Trinajstić information content (AvgIpc) is 3.19. The van der Waals surface area contributed by atoms with Gasteiger partial charge in [0, 0.05) is 18.3 Å². The zero-order valence-electron chi connectivity index (χ0n) is 19.2. The minimum Gasteiger partial charge on any atom is -0.484 e. The summed E-state index contributed by atoms with van der Waals surface area (Å²) in [5, 5.41) is 14.3. The van der Waals surface area contributed by atoms with E-state index in [9.17, 15) is 17.9 Å². The third-order valence-corrected chi connectivity index (χ3v) is 8.22. The monoisotopic (exact) mass is 539 g/mol. The molecule has 35 heavy (non-hydrogen) atoms. The van der Waals surface area contributed by atoms with Crippen LogP contribution in [0.2, 0.25) is 10.2 Å². The van der Waals surface area contributed by atoms with Crippen LogP contribution in [0.3, 0.4) is 0 Å². The van der Waals surface area contributed by atoms with E-state index < -0.39 is 28.0 Å². The number of fused-ring (bicyclic) bond motifs is 1. The molecule has 0 radical (unpaired) electrons. The van der Waals surface area contributed by atoms with E-state index in [1.807, 2.05) is 6.92 Å². The number of benzene rings is 2. The molecule has 0 saturated heterocycles. The number of hydrogen-bond acceptors (Lipinski definition) is 5. The molecule has 1 aliphatic rings. The molecule has 1 aromatic heterocycles. The molecule has 4 rings (SSSR count). The molecule has 0 saturated carbocycles. The number of sulfonamides is 1. The van der Waals surface area contributed by atoms with Crippen LogP contribution in [-0.4, -0.2) is 42.1 Å². The zero-order chi connectivity index (χ0) is 25.5. The molecule has 3 aromatic rings. The van der Waals surface area contributed by atoms with Crippen molar-refractivity contribution in [2.75, 3.05) is 10.8 Å². The zero-order valence-corrected chi connectivity index (χ0v) is 21.6. The SMILES string of the molecule is CCn1cc(S(=O)(=O)N2CC(C(C)O)Oc3ccc(C=C(C)c4c(F)cccc4Cl)cc32)c(Cl)n1. The van der Waals surface area contributed by atoms with E-state index >= 15 is 0 Å². The van der Waals surface area contributed by atoms with E-state index in [1.54, 1.807) is 37.3 Å². The standard InChI is InChI=1S/C24H24Cl2FN3O4S/c1-4-29-13-22(24(26)28-29)35(32,33)30-12-21(15(3)31)34-20-9-8-16(11-19(20)30)10-14(2)23-17(25)6-5-7-18(23)27/h5-11,13,15,21,31H,4,12H2,1-3H3. The maximum Gasteiger partial charge on any atom is 0.269 e. The Morgan fingerprint density at radius 3 is 2.71 bits per heavy atom. The van der Waals surface area contributed by atoms with Crippen LogP contribution in [0.1, 0.15) is 31.9 Å². The molecular weight excluding hydrogens is 516 g/mol. The highest BCUT2D eigenvalue weighted by Crippen LogP contribution is 2.40. The van der Waals surface area contributed by atoms with Gasteiger partial charge in [-0.1, -0.05) is 41.4 Å². The molecule has 7 nitrogen and oxygen atoms in total. The third kappa shape index (κ3) is 4.91. The van der Waals surface area contributed by atoms with E-state index in [0.29, 0.717) is 17.7 Å². The summed E-state index contributed by atoms with van der Waals surface area (Å²) in [4.78, 5) is -0.145. The lowest BCUT2D eigenvalue weighted by Crippen LogP contribution is -2.47. The van der Waals surface area contributed by atoms with Crippen LogP contribution in [0.15, 0.2) is 47.5 Å². The van der Waals surface area contributed by atoms with Crippen LogP contribution in [-0.2, 0) is 16.6 Å². The van der Waals surface area contributed by atoms with Crippen molar-refractivity contribution in [3.05, 3.63) is 69.7 Å². The first kappa shape index (κ1) is 25.5. The van der Waals surface area contributed by atoms with Crippen LogP contribution < -0.4 is 9.04 Å². The number of allylic oxidation sites excluding steroid dienone is 1. The predicted octanol–water partition coefficient (Wildman–Crippen LogP) is 5.25. The van der Waals surface area contributed by atoms with Crippen molar-refractivity contribution >= 4 is 50.6 Å². The Labute approximate surface area is 213 Å². The molecule has 11 heteroatoms. The maximum atomic E-state index is 14.4. The Hall–Kier alpha value is -2.59. The summed E-state index contributed by atoms with van der Waals surface area (Å²) in [6.07, 6.45) is 1.36. The Morgan fingerprint density at radius 2 is 2.09 bits per heavy atom. The molecule has 2 aromatic carbocycles. The van der Waals surface area contributed by atoms with Crippen molar-refractivity contribution in [3.8, 4) is 5.75 Å². The van der Waals surface area contributed by atoms with Gasteiger partial charge in [-0.3, -0.25) is 8.99 Å². The van der Waals surface area contributed by atoms with Crippen molar-refractivity contribution in [2.24, 2.45) is 0 Å². The number of aryl methyl sites for hydroxylation is 1. The fourth-order valence-electron chi connectivity index (χ4n) is 3.89. The maximum absolute atomic E-state index is 14.4. The van der Waals surface area contributed by atoms with Crippen molar-refractivity contribution in [1.29, 1.82) is 0 Å². The van der Waals surface area contributed by atoms with E-state index in [2.05, 4.69) is 5.10 Å². The van der Waals surface area contributed by atoms with Gasteiger partial charge in [-0.25, -0.2) is 12.8 Å². The van der Waals surface area contributed by atoms with Crippen LogP contribution in [0.4, 0.5) is 10.1 Å². The number of aliphatic hydroxyl groups is 1. The molecule has 186 valence electrons. The second kappa shape index (κ2) is 9.81. The highest BCUT2D eigenvalue weighted by Gasteiger charge is 2.38. The fourth-order valence-corrected chi connectivity index (χ4v) is 6.13. The lowest BCUT2D eigenvalue weighted by molar-refractivity contribution is 0.0503. The molecule has 1 aliphatic heterocycles. The number of aromatic nitrogens is 2. The third-order valence-electron chi connectivity index (χ3n) is 5.73. The van der Waals surface area contributed by atoms with Gasteiger partial charge in [0.25, 0.3) is 10.0 Å². The number of rotatable bonds is 6. The number of nitrogens with zero attached hydrogens (tertiary/aromatic N) is 3. The smallest absolute Gasteiger partial charge is 0.269 e. The lowest BCUT2D eigenvalue weighted by Gasteiger charge is -2.36. The molecule has 2 heterocycles. The number of aliphatic hydroxyl groups excluding tert-OH is 1. The van der Waals surface area contributed by atoms with Crippen molar-refractivity contribution in [1.82, 2.24) is 9.78 Å². The summed E-state index contributed by atoms with van der Waals surface area (Å²) in [7, 11) is -4.15. The van der Waals surface area contributed by atoms with E-state index in [-0.39, 0.29) is 38.6 Å². The van der Waals surface area contributed by atoms with E-state index in [1.165, 1.54) is 29.9 Å². The molecular formula is C24H24Cl2FN3O4S. The van der Waals surface area contributed by atoms with E-state index in [0.717, 1.165) is 4.31 Å². The summed E-state index contributed by atoms with van der Waals surface area (Å²) < 4.78 is 50.2. The van der Waals surface area contributed by atoms with Gasteiger partial charge in [0.05, 0.1) is 23.4 Å². The van der Waals surface area contributed by atoms with Gasteiger partial charge in [-0.05, 0) is 56.2 Å². The Kier molecular flexibility index (Phi) is 7.15. The molecule has 0 fully saturated rings. The minimum atomic E-state index is -4.15. The quantitative estimate of drug-likeness (QED) is 0.432. The summed E-state index contributed by atoms with van der Waals surface area (Å²) in [5.41, 5.74) is 1.70. The number of hydrogen-bond donors (Lipinski definition) is 1. The lowest BCUT2D eigenvalue weighted by atomic mass is 10.0. The fraction of sp³-hybridized carbons (Fsp3) is 0.292. The summed E-state index contributed by atoms with van der Waals surface area (Å²) in [5.74, 6) is -0.178. The first-order valence-electron chi connectivity index (χ1n) is 10.9. The molecule has 1 N–H and O–H groups in total. The molecule has 2 unspecified atom stereocenters. The van der Waals surface area contributed by atoms with Gasteiger partial charge in [-0.2, -0.15) is 5.10 Å². The van der Waals surface area contributed by atoms with Gasteiger partial charge in [0.2, 0.25) is 0 Å². The highest BCUT2D eigenvalue weighted by atomic mass is 35.5. The summed E-state index contributed by atoms with van der Waals surface area (Å²) in [6.45, 7) is 5.37. The van der Waals surface area contributed by atoms with Gasteiger partial charge in [-0.15, -0.1) is 0 Å². The van der Waals surface area contributed by atoms with Gasteiger partial charge >= 0.3 is 0 Å². The molecule has 0 spiro atoms. The molecule has 0 aliphatic carbocycles. The van der Waals surface area contributed by atoms with Gasteiger partial charge < -0.3 is 9.84 Å². The normalized spacial score (nSPS) is 17.2. The Bertz CT molecular complexity index is 1390. The average molecular weight is 540 g/mol. The molecule has 0 bridgehead atoms. The van der Waals surface area contributed by atoms with Crippen LogP contribution in [0.5, 0.6) is 5.75 Å². The molecule has 0 amide bonds. The second-order valence-corrected chi connectivity index (χ2v) is 10.8. The van der Waals surface area contributed by atoms with Crippen molar-refractivity contribution < 1.29 is 22.7 Å². The number of anilines is 1. The van der Waals surface area contributed by atoms with Crippen LogP contribution in [0.25, 0.3) is 11.6 Å². The first-order valence-corrected chi connectivity index (χ1v) is 13.1.